The Morgan fingerprint density at radius 2 is 2.05 bits per heavy atom. The molecular formula is C18H19NO3. The van der Waals surface area contributed by atoms with Crippen molar-refractivity contribution >= 4 is 11.8 Å². The molecule has 1 aromatic rings. The monoisotopic (exact) mass is 297 g/mol. The van der Waals surface area contributed by atoms with E-state index < -0.39 is 0 Å². The van der Waals surface area contributed by atoms with Crippen molar-refractivity contribution < 1.29 is 14.3 Å². The van der Waals surface area contributed by atoms with E-state index in [4.69, 9.17) is 10.00 Å². The average molecular weight is 297 g/mol. The highest BCUT2D eigenvalue weighted by molar-refractivity contribution is 5.96. The molecule has 114 valence electrons. The van der Waals surface area contributed by atoms with Crippen molar-refractivity contribution in [3.05, 3.63) is 48.7 Å². The summed E-state index contributed by atoms with van der Waals surface area (Å²) in [6.07, 6.45) is 3.76. The van der Waals surface area contributed by atoms with E-state index in [-0.39, 0.29) is 35.9 Å². The van der Waals surface area contributed by atoms with Gasteiger partial charge >= 0.3 is 5.97 Å². The third kappa shape index (κ3) is 3.36. The second-order valence-electron chi connectivity index (χ2n) is 5.55. The van der Waals surface area contributed by atoms with Crippen molar-refractivity contribution in [2.75, 3.05) is 7.11 Å². The number of benzene rings is 1. The van der Waals surface area contributed by atoms with Crippen molar-refractivity contribution in [3.8, 4) is 6.07 Å². The number of rotatable bonds is 5. The third-order valence-electron chi connectivity index (χ3n) is 4.31. The lowest BCUT2D eigenvalue weighted by Crippen LogP contribution is -2.27. The second-order valence-corrected chi connectivity index (χ2v) is 5.55. The molecule has 0 spiro atoms. The summed E-state index contributed by atoms with van der Waals surface area (Å²) in [6, 6.07) is 8.59. The quantitative estimate of drug-likeness (QED) is 0.619. The Kier molecular flexibility index (Phi) is 5.32. The van der Waals surface area contributed by atoms with Gasteiger partial charge in [-0.25, -0.2) is 0 Å². The maximum Gasteiger partial charge on any atom is 0.309 e. The zero-order valence-corrected chi connectivity index (χ0v) is 12.6. The fourth-order valence-corrected chi connectivity index (χ4v) is 3.07. The number of nitriles is 1. The number of Topliss-reactive ketones (excluding diaryl/α,β-unsaturated/α-hetero) is 1. The topological polar surface area (TPSA) is 67.2 Å². The van der Waals surface area contributed by atoms with Crippen LogP contribution in [0.25, 0.3) is 0 Å². The molecule has 3 unspecified atom stereocenters. The first kappa shape index (κ1) is 16.2. The molecule has 22 heavy (non-hydrogen) atoms. The molecule has 0 aliphatic heterocycles. The molecule has 3 atom stereocenters. The van der Waals surface area contributed by atoms with Gasteiger partial charge in [0, 0.05) is 12.0 Å². The number of hydrogen-bond acceptors (Lipinski definition) is 4. The summed E-state index contributed by atoms with van der Waals surface area (Å²) >= 11 is 0. The summed E-state index contributed by atoms with van der Waals surface area (Å²) in [4.78, 5) is 24.4. The van der Waals surface area contributed by atoms with Crippen LogP contribution < -0.4 is 0 Å². The van der Waals surface area contributed by atoms with E-state index in [1.165, 1.54) is 7.11 Å². The number of ether oxygens (including phenoxy) is 1. The molecule has 0 aromatic heterocycles. The first-order valence-electron chi connectivity index (χ1n) is 7.34. The average Bonchev–Trinajstić information content (AvgIpc) is 2.96. The van der Waals surface area contributed by atoms with E-state index in [1.54, 1.807) is 24.3 Å². The summed E-state index contributed by atoms with van der Waals surface area (Å²) in [7, 11) is 1.38. The normalized spacial score (nSPS) is 23.8. The predicted octanol–water partition coefficient (Wildman–Crippen LogP) is 2.98. The fourth-order valence-electron chi connectivity index (χ4n) is 3.07. The Labute approximate surface area is 131 Å². The van der Waals surface area contributed by atoms with Gasteiger partial charge in [-0.2, -0.15) is 5.26 Å². The molecule has 1 fully saturated rings. The van der Waals surface area contributed by atoms with Crippen molar-refractivity contribution in [3.63, 3.8) is 0 Å². The standard InChI is InChI=1S/C18H19NO3/c1-3-13-8-9-15(17(13)18(21)22-2)10-16(20)14-6-4-12(11-19)5-7-14/h4-7,9,13,15,17H,1,3,8,10H2,2H3. The van der Waals surface area contributed by atoms with Gasteiger partial charge in [0.15, 0.2) is 5.78 Å². The van der Waals surface area contributed by atoms with Crippen LogP contribution in [0.2, 0.25) is 0 Å². The van der Waals surface area contributed by atoms with Gasteiger partial charge < -0.3 is 4.74 Å². The highest BCUT2D eigenvalue weighted by atomic mass is 16.5. The van der Waals surface area contributed by atoms with E-state index in [2.05, 4.69) is 6.92 Å². The smallest absolute Gasteiger partial charge is 0.309 e. The molecule has 1 saturated carbocycles. The SMILES string of the molecule is [CH2]CC1C[CH]C(CC(=O)c2ccc(C#N)cc2)C1C(=O)OC. The highest BCUT2D eigenvalue weighted by Gasteiger charge is 2.41. The lowest BCUT2D eigenvalue weighted by molar-refractivity contribution is -0.148. The molecule has 2 rings (SSSR count). The molecule has 1 aliphatic rings. The first-order valence-corrected chi connectivity index (χ1v) is 7.34. The molecule has 4 heteroatoms. The van der Waals surface area contributed by atoms with Gasteiger partial charge in [0.2, 0.25) is 0 Å². The number of esters is 1. The summed E-state index contributed by atoms with van der Waals surface area (Å²) < 4.78 is 4.88. The van der Waals surface area contributed by atoms with Crippen molar-refractivity contribution in [1.29, 1.82) is 5.26 Å². The van der Waals surface area contributed by atoms with Crippen molar-refractivity contribution in [2.45, 2.75) is 19.3 Å². The Balaban J connectivity index is 2.09. The minimum atomic E-state index is -0.287. The summed E-state index contributed by atoms with van der Waals surface area (Å²) in [5, 5.41) is 8.78. The Morgan fingerprint density at radius 1 is 1.36 bits per heavy atom. The number of carbonyl (C=O) groups excluding carboxylic acids is 2. The van der Waals surface area contributed by atoms with Crippen LogP contribution in [0.1, 0.15) is 35.2 Å². The van der Waals surface area contributed by atoms with Crippen LogP contribution >= 0.6 is 0 Å². The molecule has 0 amide bonds. The summed E-state index contributed by atoms with van der Waals surface area (Å²) in [5.41, 5.74) is 1.09. The van der Waals surface area contributed by atoms with Gasteiger partial charge in [-0.3, -0.25) is 9.59 Å². The Morgan fingerprint density at radius 3 is 2.59 bits per heavy atom. The van der Waals surface area contributed by atoms with Gasteiger partial charge in [0.1, 0.15) is 0 Å². The number of nitrogens with zero attached hydrogens (tertiary/aromatic N) is 1. The molecule has 0 saturated heterocycles. The number of methoxy groups -OCH3 is 1. The number of ketones is 1. The maximum absolute atomic E-state index is 12.4. The van der Waals surface area contributed by atoms with Crippen LogP contribution in [-0.4, -0.2) is 18.9 Å². The summed E-state index contributed by atoms with van der Waals surface area (Å²) in [5.74, 6) is -0.539. The van der Waals surface area contributed by atoms with Crippen LogP contribution in [0.4, 0.5) is 0 Å². The van der Waals surface area contributed by atoms with Gasteiger partial charge in [0.25, 0.3) is 0 Å². The van der Waals surface area contributed by atoms with Crippen molar-refractivity contribution in [1.82, 2.24) is 0 Å². The molecule has 1 aromatic carbocycles. The van der Waals surface area contributed by atoms with Gasteiger partial charge in [-0.15, -0.1) is 0 Å². The van der Waals surface area contributed by atoms with Crippen LogP contribution in [0.5, 0.6) is 0 Å². The van der Waals surface area contributed by atoms with E-state index >= 15 is 0 Å². The second kappa shape index (κ2) is 7.22. The van der Waals surface area contributed by atoms with Crippen LogP contribution in [0.15, 0.2) is 24.3 Å². The van der Waals surface area contributed by atoms with Gasteiger partial charge in [-0.05, 0) is 43.2 Å². The minimum absolute atomic E-state index is 0.0237. The Hall–Kier alpha value is -2.15. The fraction of sp³-hybridized carbons (Fsp3) is 0.389. The number of hydrogen-bond donors (Lipinski definition) is 0. The minimum Gasteiger partial charge on any atom is -0.469 e. The Bertz CT molecular complexity index is 585. The zero-order chi connectivity index (χ0) is 16.1. The molecular weight excluding hydrogens is 278 g/mol. The molecule has 1 aliphatic carbocycles. The first-order chi connectivity index (χ1) is 10.6. The summed E-state index contributed by atoms with van der Waals surface area (Å²) in [6.45, 7) is 3.88. The van der Waals surface area contributed by atoms with Crippen LogP contribution in [0, 0.1) is 42.4 Å². The molecule has 0 bridgehead atoms. The maximum atomic E-state index is 12.4. The lowest BCUT2D eigenvalue weighted by atomic mass is 9.84. The van der Waals surface area contributed by atoms with Gasteiger partial charge in [0.05, 0.1) is 24.7 Å². The molecule has 4 nitrogen and oxygen atoms in total. The lowest BCUT2D eigenvalue weighted by Gasteiger charge is -2.21. The van der Waals surface area contributed by atoms with E-state index in [0.29, 0.717) is 17.5 Å². The highest BCUT2D eigenvalue weighted by Crippen LogP contribution is 2.41. The predicted molar refractivity (Wildman–Crippen MR) is 81.5 cm³/mol. The van der Waals surface area contributed by atoms with E-state index in [9.17, 15) is 9.59 Å². The van der Waals surface area contributed by atoms with Crippen LogP contribution in [0.3, 0.4) is 0 Å². The molecule has 2 radical (unpaired) electrons. The molecule has 0 heterocycles. The zero-order valence-electron chi connectivity index (χ0n) is 12.6. The van der Waals surface area contributed by atoms with E-state index in [1.807, 2.05) is 12.5 Å². The van der Waals surface area contributed by atoms with Gasteiger partial charge in [-0.1, -0.05) is 19.1 Å². The van der Waals surface area contributed by atoms with Crippen molar-refractivity contribution in [2.24, 2.45) is 17.8 Å². The van der Waals surface area contributed by atoms with Crippen LogP contribution in [-0.2, 0) is 9.53 Å². The largest absolute Gasteiger partial charge is 0.469 e. The molecule has 0 N–H and O–H groups in total. The third-order valence-corrected chi connectivity index (χ3v) is 4.31. The number of carbonyl (C=O) groups is 2. The van der Waals surface area contributed by atoms with E-state index in [0.717, 1.165) is 6.42 Å².